The lowest BCUT2D eigenvalue weighted by atomic mass is 10.1. The Bertz CT molecular complexity index is 397. The Hall–Kier alpha value is -1.26. The van der Waals surface area contributed by atoms with Crippen LogP contribution in [-0.4, -0.2) is 19.1 Å². The summed E-state index contributed by atoms with van der Waals surface area (Å²) in [6, 6.07) is 5.69. The number of hydrogen-bond acceptors (Lipinski definition) is 3. The first-order chi connectivity index (χ1) is 8.08. The SMILES string of the molecule is CCOc1cc(C)ccc1NC(=O)C(C)CN.Cl. The summed E-state index contributed by atoms with van der Waals surface area (Å²) in [5, 5.41) is 2.83. The number of aryl methyl sites for hydroxylation is 1. The predicted octanol–water partition coefficient (Wildman–Crippen LogP) is 2.35. The minimum atomic E-state index is -0.203. The highest BCUT2D eigenvalue weighted by molar-refractivity contribution is 5.93. The van der Waals surface area contributed by atoms with E-state index in [0.717, 1.165) is 5.56 Å². The molecule has 4 nitrogen and oxygen atoms in total. The van der Waals surface area contributed by atoms with Crippen LogP contribution in [-0.2, 0) is 4.79 Å². The molecule has 0 spiro atoms. The second kappa shape index (κ2) is 7.95. The van der Waals surface area contributed by atoms with E-state index in [1.54, 1.807) is 6.92 Å². The molecule has 0 saturated heterocycles. The van der Waals surface area contributed by atoms with Crippen LogP contribution in [0.2, 0.25) is 0 Å². The van der Waals surface area contributed by atoms with Gasteiger partial charge in [-0.25, -0.2) is 0 Å². The standard InChI is InChI=1S/C13H20N2O2.ClH/c1-4-17-12-7-9(2)5-6-11(12)15-13(16)10(3)8-14;/h5-7,10H,4,8,14H2,1-3H3,(H,15,16);1H. The lowest BCUT2D eigenvalue weighted by molar-refractivity contribution is -0.119. The second-order valence-corrected chi connectivity index (χ2v) is 4.06. The summed E-state index contributed by atoms with van der Waals surface area (Å²) < 4.78 is 5.49. The molecule has 1 aromatic carbocycles. The fourth-order valence-corrected chi connectivity index (χ4v) is 1.37. The molecule has 0 aliphatic rings. The highest BCUT2D eigenvalue weighted by Gasteiger charge is 2.13. The first-order valence-electron chi connectivity index (χ1n) is 5.82. The Balaban J connectivity index is 0.00000289. The molecule has 0 aliphatic carbocycles. The average molecular weight is 273 g/mol. The van der Waals surface area contributed by atoms with Crippen LogP contribution in [0.5, 0.6) is 5.75 Å². The van der Waals surface area contributed by atoms with E-state index in [4.69, 9.17) is 10.5 Å². The van der Waals surface area contributed by atoms with E-state index in [9.17, 15) is 4.79 Å². The highest BCUT2D eigenvalue weighted by atomic mass is 35.5. The number of benzene rings is 1. The van der Waals surface area contributed by atoms with Gasteiger partial charge in [0.15, 0.2) is 0 Å². The first-order valence-corrected chi connectivity index (χ1v) is 5.82. The van der Waals surface area contributed by atoms with Gasteiger partial charge in [0.25, 0.3) is 0 Å². The summed E-state index contributed by atoms with van der Waals surface area (Å²) in [6.45, 7) is 6.59. The van der Waals surface area contributed by atoms with Crippen molar-refractivity contribution < 1.29 is 9.53 Å². The van der Waals surface area contributed by atoms with Gasteiger partial charge in [0.05, 0.1) is 12.3 Å². The Kier molecular flexibility index (Phi) is 7.39. The molecule has 1 aromatic rings. The van der Waals surface area contributed by atoms with Crippen molar-refractivity contribution in [2.75, 3.05) is 18.5 Å². The van der Waals surface area contributed by atoms with Gasteiger partial charge in [0, 0.05) is 12.5 Å². The van der Waals surface area contributed by atoms with E-state index in [0.29, 0.717) is 24.6 Å². The van der Waals surface area contributed by atoms with Crippen molar-refractivity contribution in [2.24, 2.45) is 11.7 Å². The minimum Gasteiger partial charge on any atom is -0.492 e. The van der Waals surface area contributed by atoms with Gasteiger partial charge in [-0.2, -0.15) is 0 Å². The van der Waals surface area contributed by atoms with Crippen molar-refractivity contribution in [1.82, 2.24) is 0 Å². The van der Waals surface area contributed by atoms with Gasteiger partial charge in [-0.05, 0) is 31.5 Å². The first kappa shape index (κ1) is 16.7. The van der Waals surface area contributed by atoms with E-state index in [-0.39, 0.29) is 24.2 Å². The minimum absolute atomic E-state index is 0. The van der Waals surface area contributed by atoms with Crippen molar-refractivity contribution in [2.45, 2.75) is 20.8 Å². The van der Waals surface area contributed by atoms with Gasteiger partial charge >= 0.3 is 0 Å². The molecule has 0 radical (unpaired) electrons. The molecule has 18 heavy (non-hydrogen) atoms. The lowest BCUT2D eigenvalue weighted by Crippen LogP contribution is -2.26. The van der Waals surface area contributed by atoms with Crippen LogP contribution in [0.25, 0.3) is 0 Å². The number of hydrogen-bond donors (Lipinski definition) is 2. The zero-order valence-corrected chi connectivity index (χ0v) is 11.8. The van der Waals surface area contributed by atoms with Crippen LogP contribution < -0.4 is 15.8 Å². The monoisotopic (exact) mass is 272 g/mol. The zero-order valence-electron chi connectivity index (χ0n) is 11.0. The maximum atomic E-state index is 11.7. The third-order valence-electron chi connectivity index (χ3n) is 2.50. The fraction of sp³-hybridized carbons (Fsp3) is 0.462. The van der Waals surface area contributed by atoms with E-state index in [1.807, 2.05) is 32.0 Å². The molecule has 0 saturated carbocycles. The van der Waals surface area contributed by atoms with E-state index in [2.05, 4.69) is 5.32 Å². The predicted molar refractivity (Wildman–Crippen MR) is 76.4 cm³/mol. The average Bonchev–Trinajstić information content (AvgIpc) is 2.31. The number of amides is 1. The molecule has 0 fully saturated rings. The van der Waals surface area contributed by atoms with Gasteiger partial charge in [0.2, 0.25) is 5.91 Å². The number of ether oxygens (including phenoxy) is 1. The normalized spacial score (nSPS) is 11.3. The van der Waals surface area contributed by atoms with Crippen molar-refractivity contribution in [1.29, 1.82) is 0 Å². The Morgan fingerprint density at radius 1 is 1.50 bits per heavy atom. The van der Waals surface area contributed by atoms with Crippen LogP contribution in [0.3, 0.4) is 0 Å². The topological polar surface area (TPSA) is 64.3 Å². The van der Waals surface area contributed by atoms with E-state index in [1.165, 1.54) is 0 Å². The molecule has 3 N–H and O–H groups in total. The molecular weight excluding hydrogens is 252 g/mol. The molecule has 0 aromatic heterocycles. The van der Waals surface area contributed by atoms with Crippen LogP contribution in [0.15, 0.2) is 18.2 Å². The molecule has 5 heteroatoms. The summed E-state index contributed by atoms with van der Waals surface area (Å²) >= 11 is 0. The Morgan fingerprint density at radius 2 is 2.17 bits per heavy atom. The molecular formula is C13H21ClN2O2. The van der Waals surface area contributed by atoms with Crippen molar-refractivity contribution in [3.05, 3.63) is 23.8 Å². The Morgan fingerprint density at radius 3 is 2.72 bits per heavy atom. The number of carbonyl (C=O) groups excluding carboxylic acids is 1. The van der Waals surface area contributed by atoms with E-state index >= 15 is 0 Å². The number of halogens is 1. The van der Waals surface area contributed by atoms with Crippen molar-refractivity contribution in [3.63, 3.8) is 0 Å². The van der Waals surface area contributed by atoms with Gasteiger partial charge in [-0.15, -0.1) is 12.4 Å². The maximum absolute atomic E-state index is 11.7. The van der Waals surface area contributed by atoms with E-state index < -0.39 is 0 Å². The van der Waals surface area contributed by atoms with Gasteiger partial charge in [-0.1, -0.05) is 13.0 Å². The number of nitrogens with one attached hydrogen (secondary N) is 1. The molecule has 1 amide bonds. The number of carbonyl (C=O) groups is 1. The van der Waals surface area contributed by atoms with Crippen LogP contribution >= 0.6 is 12.4 Å². The fourth-order valence-electron chi connectivity index (χ4n) is 1.37. The summed E-state index contributed by atoms with van der Waals surface area (Å²) in [5.74, 6) is 0.410. The quantitative estimate of drug-likeness (QED) is 0.865. The molecule has 102 valence electrons. The number of anilines is 1. The molecule has 0 bridgehead atoms. The maximum Gasteiger partial charge on any atom is 0.228 e. The molecule has 0 aliphatic heterocycles. The zero-order chi connectivity index (χ0) is 12.8. The number of rotatable bonds is 5. The molecule has 1 rings (SSSR count). The number of nitrogens with two attached hydrogens (primary N) is 1. The van der Waals surface area contributed by atoms with Crippen LogP contribution in [0.1, 0.15) is 19.4 Å². The summed E-state index contributed by atoms with van der Waals surface area (Å²) in [5.41, 5.74) is 7.25. The smallest absolute Gasteiger partial charge is 0.228 e. The summed E-state index contributed by atoms with van der Waals surface area (Å²) in [4.78, 5) is 11.7. The summed E-state index contributed by atoms with van der Waals surface area (Å²) in [6.07, 6.45) is 0. The van der Waals surface area contributed by atoms with Gasteiger partial charge < -0.3 is 15.8 Å². The lowest BCUT2D eigenvalue weighted by Gasteiger charge is -2.14. The van der Waals surface area contributed by atoms with Gasteiger partial charge in [0.1, 0.15) is 5.75 Å². The van der Waals surface area contributed by atoms with Crippen molar-refractivity contribution in [3.8, 4) is 5.75 Å². The second-order valence-electron chi connectivity index (χ2n) is 4.06. The molecule has 1 atom stereocenters. The van der Waals surface area contributed by atoms with Crippen molar-refractivity contribution >= 4 is 24.0 Å². The largest absolute Gasteiger partial charge is 0.492 e. The van der Waals surface area contributed by atoms with Crippen LogP contribution in [0, 0.1) is 12.8 Å². The van der Waals surface area contributed by atoms with Gasteiger partial charge in [-0.3, -0.25) is 4.79 Å². The highest BCUT2D eigenvalue weighted by Crippen LogP contribution is 2.26. The third kappa shape index (κ3) is 4.55. The molecule has 1 unspecified atom stereocenters. The third-order valence-corrected chi connectivity index (χ3v) is 2.50. The molecule has 0 heterocycles. The van der Waals surface area contributed by atoms with Crippen LogP contribution in [0.4, 0.5) is 5.69 Å². The summed E-state index contributed by atoms with van der Waals surface area (Å²) in [7, 11) is 0. The Labute approximate surface area is 114 Å².